The summed E-state index contributed by atoms with van der Waals surface area (Å²) in [7, 11) is 0. The molecular formula is C15H10N4. The fourth-order valence-corrected chi connectivity index (χ4v) is 2.11. The second-order valence-corrected chi connectivity index (χ2v) is 4.13. The summed E-state index contributed by atoms with van der Waals surface area (Å²) in [5.74, 6) is 0. The molecule has 4 nitrogen and oxygen atoms in total. The second kappa shape index (κ2) is 4.39. The number of nitriles is 1. The van der Waals surface area contributed by atoms with Crippen LogP contribution in [0.1, 0.15) is 5.56 Å². The number of hydrogen-bond acceptors (Lipinski definition) is 3. The van der Waals surface area contributed by atoms with E-state index in [1.807, 2.05) is 30.3 Å². The summed E-state index contributed by atoms with van der Waals surface area (Å²) in [4.78, 5) is 4.06. The van der Waals surface area contributed by atoms with Crippen LogP contribution in [0.2, 0.25) is 0 Å². The Morgan fingerprint density at radius 1 is 1.21 bits per heavy atom. The van der Waals surface area contributed by atoms with Gasteiger partial charge in [0.15, 0.2) is 0 Å². The van der Waals surface area contributed by atoms with Gasteiger partial charge in [0, 0.05) is 29.7 Å². The van der Waals surface area contributed by atoms with E-state index < -0.39 is 0 Å². The molecule has 0 aromatic carbocycles. The lowest BCUT2D eigenvalue weighted by molar-refractivity contribution is 1.00. The number of aromatic nitrogens is 2. The fraction of sp³-hybridized carbons (Fsp3) is 0. The van der Waals surface area contributed by atoms with E-state index in [4.69, 9.17) is 5.41 Å². The van der Waals surface area contributed by atoms with Crippen LogP contribution < -0.4 is 5.49 Å². The summed E-state index contributed by atoms with van der Waals surface area (Å²) in [6.07, 6.45) is 5.18. The Labute approximate surface area is 109 Å². The van der Waals surface area contributed by atoms with Gasteiger partial charge in [-0.3, -0.25) is 10.4 Å². The first-order valence-corrected chi connectivity index (χ1v) is 5.81. The van der Waals surface area contributed by atoms with E-state index in [0.29, 0.717) is 16.6 Å². The normalized spacial score (nSPS) is 10.3. The quantitative estimate of drug-likeness (QED) is 0.716. The third-order valence-electron chi connectivity index (χ3n) is 3.01. The lowest BCUT2D eigenvalue weighted by Gasteiger charge is -2.08. The first kappa shape index (κ1) is 11.2. The molecule has 3 aromatic heterocycles. The maximum Gasteiger partial charge on any atom is 0.137 e. The smallest absolute Gasteiger partial charge is 0.137 e. The molecule has 0 aliphatic heterocycles. The number of nitrogens with zero attached hydrogens (tertiary/aromatic N) is 3. The maximum atomic E-state index is 9.26. The monoisotopic (exact) mass is 246 g/mol. The van der Waals surface area contributed by atoms with E-state index in [1.165, 1.54) is 0 Å². The second-order valence-electron chi connectivity index (χ2n) is 4.13. The Balaban J connectivity index is 2.43. The zero-order chi connectivity index (χ0) is 13.2. The van der Waals surface area contributed by atoms with Crippen molar-refractivity contribution in [1.29, 1.82) is 10.7 Å². The van der Waals surface area contributed by atoms with E-state index in [9.17, 15) is 5.26 Å². The Morgan fingerprint density at radius 3 is 2.84 bits per heavy atom. The first-order chi connectivity index (χ1) is 9.31. The largest absolute Gasteiger partial charge is 0.300 e. The predicted octanol–water partition coefficient (Wildman–Crippen LogP) is 2.35. The number of nitrogens with one attached hydrogen (secondary N) is 1. The van der Waals surface area contributed by atoms with E-state index in [-0.39, 0.29) is 0 Å². The van der Waals surface area contributed by atoms with Crippen molar-refractivity contribution in [3.63, 3.8) is 0 Å². The van der Waals surface area contributed by atoms with E-state index in [2.05, 4.69) is 11.1 Å². The molecule has 0 spiro atoms. The maximum absolute atomic E-state index is 9.26. The standard InChI is InChI=1S/C15H10N4/c16-9-12-8-13(11-4-3-6-18-10-11)15(17)19-7-2-1-5-14(12)19/h1-8,10,17H. The van der Waals surface area contributed by atoms with E-state index in [1.54, 1.807) is 29.1 Å². The van der Waals surface area contributed by atoms with Gasteiger partial charge in [-0.15, -0.1) is 0 Å². The van der Waals surface area contributed by atoms with Crippen molar-refractivity contribution < 1.29 is 0 Å². The molecular weight excluding hydrogens is 236 g/mol. The molecule has 0 unspecified atom stereocenters. The summed E-state index contributed by atoms with van der Waals surface area (Å²) in [6.45, 7) is 0. The molecule has 0 fully saturated rings. The van der Waals surface area contributed by atoms with Gasteiger partial charge in [0.05, 0.1) is 11.1 Å². The van der Waals surface area contributed by atoms with Gasteiger partial charge in [-0.25, -0.2) is 0 Å². The van der Waals surface area contributed by atoms with Crippen molar-refractivity contribution in [2.75, 3.05) is 0 Å². The molecule has 1 N–H and O–H groups in total. The average molecular weight is 246 g/mol. The summed E-state index contributed by atoms with van der Waals surface area (Å²) in [5, 5.41) is 17.5. The molecule has 0 amide bonds. The lowest BCUT2D eigenvalue weighted by Crippen LogP contribution is -2.16. The van der Waals surface area contributed by atoms with Gasteiger partial charge in [0.25, 0.3) is 0 Å². The average Bonchev–Trinajstić information content (AvgIpc) is 2.49. The Hall–Kier alpha value is -2.93. The molecule has 0 bridgehead atoms. The number of hydrogen-bond donors (Lipinski definition) is 1. The van der Waals surface area contributed by atoms with Crippen LogP contribution in [0.3, 0.4) is 0 Å². The highest BCUT2D eigenvalue weighted by atomic mass is 14.9. The van der Waals surface area contributed by atoms with Crippen molar-refractivity contribution in [3.05, 3.63) is 66.0 Å². The molecule has 0 aliphatic carbocycles. The van der Waals surface area contributed by atoms with Crippen LogP contribution in [-0.2, 0) is 0 Å². The minimum Gasteiger partial charge on any atom is -0.300 e. The number of rotatable bonds is 1. The van der Waals surface area contributed by atoms with E-state index in [0.717, 1.165) is 11.1 Å². The molecule has 3 rings (SSSR count). The summed E-state index contributed by atoms with van der Waals surface area (Å²) in [6, 6.07) is 13.2. The summed E-state index contributed by atoms with van der Waals surface area (Å²) < 4.78 is 1.71. The van der Waals surface area contributed by atoms with E-state index >= 15 is 0 Å². The first-order valence-electron chi connectivity index (χ1n) is 5.81. The highest BCUT2D eigenvalue weighted by Crippen LogP contribution is 2.17. The van der Waals surface area contributed by atoms with Crippen molar-refractivity contribution >= 4 is 5.52 Å². The van der Waals surface area contributed by atoms with Crippen LogP contribution in [0.4, 0.5) is 0 Å². The van der Waals surface area contributed by atoms with Crippen LogP contribution in [0.15, 0.2) is 55.0 Å². The van der Waals surface area contributed by atoms with Crippen molar-refractivity contribution in [3.8, 4) is 17.2 Å². The molecule has 0 atom stereocenters. The molecule has 0 aliphatic rings. The van der Waals surface area contributed by atoms with Gasteiger partial charge in [-0.1, -0.05) is 12.1 Å². The SMILES string of the molecule is N#Cc1cc(-c2cccnc2)c(=N)n2ccccc12. The van der Waals surface area contributed by atoms with Crippen LogP contribution in [-0.4, -0.2) is 9.38 Å². The van der Waals surface area contributed by atoms with Crippen molar-refractivity contribution in [1.82, 2.24) is 9.38 Å². The van der Waals surface area contributed by atoms with Gasteiger partial charge in [-0.2, -0.15) is 5.26 Å². The van der Waals surface area contributed by atoms with Crippen LogP contribution in [0.5, 0.6) is 0 Å². The van der Waals surface area contributed by atoms with Crippen LogP contribution in [0, 0.1) is 16.7 Å². The van der Waals surface area contributed by atoms with Crippen LogP contribution >= 0.6 is 0 Å². The predicted molar refractivity (Wildman–Crippen MR) is 71.2 cm³/mol. The number of fused-ring (bicyclic) bond motifs is 1. The topological polar surface area (TPSA) is 64.9 Å². The Kier molecular flexibility index (Phi) is 2.58. The molecule has 4 heteroatoms. The van der Waals surface area contributed by atoms with Gasteiger partial charge in [0.2, 0.25) is 0 Å². The Morgan fingerprint density at radius 2 is 2.11 bits per heavy atom. The van der Waals surface area contributed by atoms with Gasteiger partial charge >= 0.3 is 0 Å². The fourth-order valence-electron chi connectivity index (χ4n) is 2.11. The number of pyridine rings is 3. The van der Waals surface area contributed by atoms with Crippen molar-refractivity contribution in [2.45, 2.75) is 0 Å². The van der Waals surface area contributed by atoms with Gasteiger partial charge < -0.3 is 4.40 Å². The minimum absolute atomic E-state index is 0.350. The van der Waals surface area contributed by atoms with Gasteiger partial charge in [0.1, 0.15) is 11.6 Å². The highest BCUT2D eigenvalue weighted by Gasteiger charge is 2.08. The lowest BCUT2D eigenvalue weighted by atomic mass is 10.1. The summed E-state index contributed by atoms with van der Waals surface area (Å²) >= 11 is 0. The molecule has 0 saturated heterocycles. The zero-order valence-electron chi connectivity index (χ0n) is 10.0. The molecule has 3 aromatic rings. The summed E-state index contributed by atoms with van der Waals surface area (Å²) in [5.41, 5.74) is 3.18. The Bertz CT molecular complexity index is 841. The zero-order valence-corrected chi connectivity index (χ0v) is 10.0. The molecule has 0 saturated carbocycles. The highest BCUT2D eigenvalue weighted by molar-refractivity contribution is 5.70. The van der Waals surface area contributed by atoms with Gasteiger partial charge in [-0.05, 0) is 24.3 Å². The third kappa shape index (κ3) is 1.78. The third-order valence-corrected chi connectivity index (χ3v) is 3.01. The molecule has 0 radical (unpaired) electrons. The minimum atomic E-state index is 0.350. The van der Waals surface area contributed by atoms with Crippen LogP contribution in [0.25, 0.3) is 16.6 Å². The van der Waals surface area contributed by atoms with Crippen molar-refractivity contribution in [2.24, 2.45) is 0 Å². The molecule has 19 heavy (non-hydrogen) atoms. The molecule has 90 valence electrons. The molecule has 3 heterocycles.